The van der Waals surface area contributed by atoms with E-state index in [9.17, 15) is 8.42 Å². The van der Waals surface area contributed by atoms with Crippen LogP contribution in [0.5, 0.6) is 0 Å². The number of nitriles is 1. The normalized spacial score (nSPS) is 27.7. The number of hydrogen-bond acceptors (Lipinski definition) is 4. The van der Waals surface area contributed by atoms with Gasteiger partial charge in [-0.3, -0.25) is 0 Å². The number of ether oxygens (including phenoxy) is 1. The van der Waals surface area contributed by atoms with Crippen molar-refractivity contribution in [2.75, 3.05) is 19.4 Å². The highest BCUT2D eigenvalue weighted by Gasteiger charge is 2.59. The molecule has 2 atom stereocenters. The Kier molecular flexibility index (Phi) is 5.29. The molecule has 0 aliphatic heterocycles. The SMILES string of the molecule is CCOC1CC(N(C)S(=O)(=O)CCCC#N)C12CCCC2. The van der Waals surface area contributed by atoms with Crippen LogP contribution in [-0.4, -0.2) is 44.3 Å². The van der Waals surface area contributed by atoms with Gasteiger partial charge in [-0.1, -0.05) is 12.8 Å². The third kappa shape index (κ3) is 3.10. The molecule has 2 unspecified atom stereocenters. The maximum atomic E-state index is 12.4. The van der Waals surface area contributed by atoms with Crippen LogP contribution in [0.2, 0.25) is 0 Å². The number of sulfonamides is 1. The van der Waals surface area contributed by atoms with Crippen molar-refractivity contribution in [1.82, 2.24) is 4.31 Å². The van der Waals surface area contributed by atoms with Crippen molar-refractivity contribution in [2.24, 2.45) is 5.41 Å². The van der Waals surface area contributed by atoms with Gasteiger partial charge in [-0.2, -0.15) is 5.26 Å². The summed E-state index contributed by atoms with van der Waals surface area (Å²) >= 11 is 0. The van der Waals surface area contributed by atoms with Crippen LogP contribution in [0.25, 0.3) is 0 Å². The lowest BCUT2D eigenvalue weighted by molar-refractivity contribution is -0.145. The molecule has 0 bridgehead atoms. The van der Waals surface area contributed by atoms with E-state index < -0.39 is 10.0 Å². The van der Waals surface area contributed by atoms with Crippen LogP contribution in [-0.2, 0) is 14.8 Å². The molecule has 2 aliphatic carbocycles. The molecule has 0 amide bonds. The van der Waals surface area contributed by atoms with Crippen molar-refractivity contribution >= 4 is 10.0 Å². The van der Waals surface area contributed by atoms with Crippen LogP contribution in [0.15, 0.2) is 0 Å². The lowest BCUT2D eigenvalue weighted by Crippen LogP contribution is -2.64. The Bertz CT molecular complexity index is 492. The molecule has 0 radical (unpaired) electrons. The van der Waals surface area contributed by atoms with Crippen molar-refractivity contribution in [3.8, 4) is 6.07 Å². The molecule has 2 saturated carbocycles. The summed E-state index contributed by atoms with van der Waals surface area (Å²) < 4.78 is 32.3. The first-order chi connectivity index (χ1) is 9.98. The summed E-state index contributed by atoms with van der Waals surface area (Å²) in [6.07, 6.45) is 6.21. The van der Waals surface area contributed by atoms with Crippen LogP contribution < -0.4 is 0 Å². The fourth-order valence-corrected chi connectivity index (χ4v) is 5.51. The molecule has 2 fully saturated rings. The van der Waals surface area contributed by atoms with Crippen LogP contribution in [0.3, 0.4) is 0 Å². The third-order valence-corrected chi connectivity index (χ3v) is 7.15. The van der Waals surface area contributed by atoms with Crippen molar-refractivity contribution in [1.29, 1.82) is 5.26 Å². The fourth-order valence-electron chi connectivity index (χ4n) is 4.03. The largest absolute Gasteiger partial charge is 0.378 e. The summed E-state index contributed by atoms with van der Waals surface area (Å²) in [5, 5.41) is 8.55. The zero-order valence-corrected chi connectivity index (χ0v) is 13.9. The molecule has 21 heavy (non-hydrogen) atoms. The van der Waals surface area contributed by atoms with E-state index in [-0.39, 0.29) is 23.3 Å². The molecule has 0 aromatic carbocycles. The van der Waals surface area contributed by atoms with Gasteiger partial charge in [0.25, 0.3) is 0 Å². The average molecular weight is 314 g/mol. The second-order valence-electron chi connectivity index (χ2n) is 6.23. The van der Waals surface area contributed by atoms with Gasteiger partial charge in [0.05, 0.1) is 17.9 Å². The first-order valence-corrected chi connectivity index (χ1v) is 9.53. The summed E-state index contributed by atoms with van der Waals surface area (Å²) in [6.45, 7) is 2.69. The van der Waals surface area contributed by atoms with E-state index in [1.54, 1.807) is 11.4 Å². The van der Waals surface area contributed by atoms with Crippen LogP contribution in [0, 0.1) is 16.7 Å². The molecule has 6 heteroatoms. The predicted molar refractivity (Wildman–Crippen MR) is 81.1 cm³/mol. The minimum absolute atomic E-state index is 0.0348. The molecule has 0 aromatic rings. The summed E-state index contributed by atoms with van der Waals surface area (Å²) in [7, 11) is -1.56. The van der Waals surface area contributed by atoms with Gasteiger partial charge in [-0.05, 0) is 32.6 Å². The Morgan fingerprint density at radius 2 is 2.05 bits per heavy atom. The van der Waals surface area contributed by atoms with E-state index >= 15 is 0 Å². The van der Waals surface area contributed by atoms with Crippen LogP contribution in [0.1, 0.15) is 51.9 Å². The van der Waals surface area contributed by atoms with Crippen LogP contribution in [0.4, 0.5) is 0 Å². The monoisotopic (exact) mass is 314 g/mol. The number of unbranched alkanes of at least 4 members (excludes halogenated alkanes) is 1. The molecule has 2 rings (SSSR count). The van der Waals surface area contributed by atoms with Gasteiger partial charge < -0.3 is 4.74 Å². The van der Waals surface area contributed by atoms with Gasteiger partial charge in [0, 0.05) is 31.5 Å². The maximum absolute atomic E-state index is 12.4. The summed E-state index contributed by atoms with van der Waals surface area (Å²) in [5.41, 5.74) is 0.0348. The van der Waals surface area contributed by atoms with E-state index in [1.807, 2.05) is 13.0 Å². The molecular formula is C15H26N2O3S. The number of nitrogens with zero attached hydrogens (tertiary/aromatic N) is 2. The lowest BCUT2D eigenvalue weighted by Gasteiger charge is -2.56. The van der Waals surface area contributed by atoms with Crippen molar-refractivity contribution in [3.63, 3.8) is 0 Å². The van der Waals surface area contributed by atoms with Crippen molar-refractivity contribution in [3.05, 3.63) is 0 Å². The highest BCUT2D eigenvalue weighted by atomic mass is 32.2. The molecule has 5 nitrogen and oxygen atoms in total. The standard InChI is InChI=1S/C15H26N2O3S/c1-3-20-14-12-13(15(14)8-4-5-9-15)17(2)21(18,19)11-7-6-10-16/h13-14H,3-9,11-12H2,1-2H3. The van der Waals surface area contributed by atoms with E-state index in [0.717, 1.165) is 19.3 Å². The number of hydrogen-bond donors (Lipinski definition) is 0. The molecule has 0 N–H and O–H groups in total. The van der Waals surface area contributed by atoms with E-state index in [0.29, 0.717) is 19.4 Å². The minimum atomic E-state index is -3.27. The van der Waals surface area contributed by atoms with Crippen molar-refractivity contribution in [2.45, 2.75) is 64.0 Å². The first kappa shape index (κ1) is 16.7. The van der Waals surface area contributed by atoms with Gasteiger partial charge in [-0.15, -0.1) is 0 Å². The van der Waals surface area contributed by atoms with Gasteiger partial charge in [0.1, 0.15) is 0 Å². The van der Waals surface area contributed by atoms with Gasteiger partial charge >= 0.3 is 0 Å². The number of rotatable bonds is 7. The molecule has 0 saturated heterocycles. The Morgan fingerprint density at radius 3 is 2.62 bits per heavy atom. The van der Waals surface area contributed by atoms with E-state index in [2.05, 4.69) is 0 Å². The van der Waals surface area contributed by atoms with E-state index in [4.69, 9.17) is 10.00 Å². The Hall–Kier alpha value is -0.640. The van der Waals surface area contributed by atoms with Crippen LogP contribution >= 0.6 is 0 Å². The summed E-state index contributed by atoms with van der Waals surface area (Å²) in [5.74, 6) is 0.0724. The Balaban J connectivity index is 2.05. The van der Waals surface area contributed by atoms with E-state index in [1.165, 1.54) is 12.8 Å². The average Bonchev–Trinajstić information content (AvgIpc) is 2.95. The highest BCUT2D eigenvalue weighted by Crippen LogP contribution is 2.56. The first-order valence-electron chi connectivity index (χ1n) is 7.92. The summed E-state index contributed by atoms with van der Waals surface area (Å²) in [4.78, 5) is 0. The zero-order valence-electron chi connectivity index (χ0n) is 13.0. The zero-order chi connectivity index (χ0) is 15.5. The molecule has 120 valence electrons. The third-order valence-electron chi connectivity index (χ3n) is 5.21. The molecular weight excluding hydrogens is 288 g/mol. The second-order valence-corrected chi connectivity index (χ2v) is 8.38. The second kappa shape index (κ2) is 6.64. The van der Waals surface area contributed by atoms with Gasteiger partial charge in [0.15, 0.2) is 0 Å². The van der Waals surface area contributed by atoms with Crippen molar-refractivity contribution < 1.29 is 13.2 Å². The Labute approximate surface area is 128 Å². The smallest absolute Gasteiger partial charge is 0.214 e. The maximum Gasteiger partial charge on any atom is 0.214 e. The van der Waals surface area contributed by atoms with Gasteiger partial charge in [-0.25, -0.2) is 12.7 Å². The topological polar surface area (TPSA) is 70.4 Å². The predicted octanol–water partition coefficient (Wildman–Crippen LogP) is 2.29. The molecule has 2 aliphatic rings. The molecule has 0 heterocycles. The molecule has 1 spiro atoms. The quantitative estimate of drug-likeness (QED) is 0.676. The Morgan fingerprint density at radius 1 is 1.38 bits per heavy atom. The highest BCUT2D eigenvalue weighted by molar-refractivity contribution is 7.89. The molecule has 0 aromatic heterocycles. The summed E-state index contributed by atoms with van der Waals surface area (Å²) in [6, 6.07) is 2.08. The minimum Gasteiger partial charge on any atom is -0.378 e. The lowest BCUT2D eigenvalue weighted by atomic mass is 9.60. The van der Waals surface area contributed by atoms with Gasteiger partial charge in [0.2, 0.25) is 10.0 Å². The fraction of sp³-hybridized carbons (Fsp3) is 0.933.